The summed E-state index contributed by atoms with van der Waals surface area (Å²) in [7, 11) is 1.98. The highest BCUT2D eigenvalue weighted by Crippen LogP contribution is 2.19. The van der Waals surface area contributed by atoms with Crippen molar-refractivity contribution in [2.75, 3.05) is 5.32 Å². The van der Waals surface area contributed by atoms with Crippen LogP contribution in [0, 0.1) is 0 Å². The summed E-state index contributed by atoms with van der Waals surface area (Å²) in [5.74, 6) is 0. The van der Waals surface area contributed by atoms with E-state index in [1.54, 1.807) is 11.3 Å². The number of nitrogens with zero attached hydrogens (tertiary/aromatic N) is 2. The Kier molecular flexibility index (Phi) is 2.57. The molecule has 0 spiro atoms. The Hall–Kier alpha value is -1.81. The van der Waals surface area contributed by atoms with Crippen molar-refractivity contribution in [2.45, 2.75) is 6.54 Å². The van der Waals surface area contributed by atoms with Crippen LogP contribution in [0.1, 0.15) is 5.69 Å². The van der Waals surface area contributed by atoms with E-state index in [1.165, 1.54) is 10.9 Å². The second-order valence-electron chi connectivity index (χ2n) is 3.95. The van der Waals surface area contributed by atoms with Gasteiger partial charge >= 0.3 is 0 Å². The number of thiophene rings is 1. The molecule has 3 aromatic rings. The minimum absolute atomic E-state index is 0.762. The van der Waals surface area contributed by atoms with Crippen molar-refractivity contribution in [3.63, 3.8) is 0 Å². The van der Waals surface area contributed by atoms with E-state index in [0.29, 0.717) is 0 Å². The highest BCUT2D eigenvalue weighted by Gasteiger charge is 2.07. The number of rotatable bonds is 3. The number of hydrogen-bond donors (Lipinski definition) is 1. The van der Waals surface area contributed by atoms with Gasteiger partial charge in [-0.15, -0.1) is 0 Å². The first kappa shape index (κ1) is 10.4. The summed E-state index contributed by atoms with van der Waals surface area (Å²) >= 11 is 1.70. The number of aromatic nitrogens is 2. The number of aryl methyl sites for hydroxylation is 1. The highest BCUT2D eigenvalue weighted by atomic mass is 32.1. The van der Waals surface area contributed by atoms with Crippen LogP contribution in [-0.2, 0) is 13.6 Å². The van der Waals surface area contributed by atoms with E-state index in [4.69, 9.17) is 0 Å². The van der Waals surface area contributed by atoms with E-state index in [2.05, 4.69) is 45.4 Å². The van der Waals surface area contributed by atoms with Crippen LogP contribution in [0.5, 0.6) is 0 Å². The molecule has 0 saturated carbocycles. The van der Waals surface area contributed by atoms with Crippen molar-refractivity contribution in [3.8, 4) is 0 Å². The Morgan fingerprint density at radius 2 is 2.18 bits per heavy atom. The van der Waals surface area contributed by atoms with Gasteiger partial charge in [0.25, 0.3) is 0 Å². The van der Waals surface area contributed by atoms with Crippen molar-refractivity contribution >= 4 is 27.9 Å². The predicted octanol–water partition coefficient (Wildman–Crippen LogP) is 3.25. The maximum absolute atomic E-state index is 4.55. The van der Waals surface area contributed by atoms with Crippen molar-refractivity contribution < 1.29 is 0 Å². The average molecular weight is 243 g/mol. The Morgan fingerprint density at radius 3 is 3.00 bits per heavy atom. The fraction of sp³-hybridized carbons (Fsp3) is 0.154. The van der Waals surface area contributed by atoms with E-state index in [0.717, 1.165) is 17.9 Å². The minimum Gasteiger partial charge on any atom is -0.379 e. The second-order valence-corrected chi connectivity index (χ2v) is 4.73. The number of nitrogens with one attached hydrogen (secondary N) is 1. The van der Waals surface area contributed by atoms with Gasteiger partial charge in [-0.05, 0) is 17.5 Å². The first-order valence-electron chi connectivity index (χ1n) is 5.51. The van der Waals surface area contributed by atoms with Gasteiger partial charge in [-0.2, -0.15) is 16.4 Å². The zero-order chi connectivity index (χ0) is 11.7. The van der Waals surface area contributed by atoms with Gasteiger partial charge in [0, 0.05) is 23.5 Å². The molecule has 1 aromatic carbocycles. The summed E-state index contributed by atoms with van der Waals surface area (Å²) in [6, 6.07) is 10.4. The van der Waals surface area contributed by atoms with Gasteiger partial charge in [-0.25, -0.2) is 0 Å². The van der Waals surface area contributed by atoms with Crippen LogP contribution in [0.15, 0.2) is 41.1 Å². The topological polar surface area (TPSA) is 29.9 Å². The van der Waals surface area contributed by atoms with Crippen molar-refractivity contribution in [3.05, 3.63) is 46.8 Å². The van der Waals surface area contributed by atoms with Crippen LogP contribution < -0.4 is 5.32 Å². The standard InChI is InChI=1S/C13H13N3S/c1-16-13-5-3-2-4-11(13)12(15-16)8-14-10-6-7-17-9-10/h2-7,9,14H,8H2,1H3. The third kappa shape index (κ3) is 1.91. The molecular weight excluding hydrogens is 230 g/mol. The number of anilines is 1. The largest absolute Gasteiger partial charge is 0.379 e. The molecule has 0 aliphatic carbocycles. The number of fused-ring (bicyclic) bond motifs is 1. The fourth-order valence-electron chi connectivity index (χ4n) is 1.97. The molecule has 17 heavy (non-hydrogen) atoms. The maximum Gasteiger partial charge on any atom is 0.0894 e. The third-order valence-electron chi connectivity index (χ3n) is 2.82. The van der Waals surface area contributed by atoms with Gasteiger partial charge < -0.3 is 5.32 Å². The summed E-state index contributed by atoms with van der Waals surface area (Å²) in [6.07, 6.45) is 0. The fourth-order valence-corrected chi connectivity index (χ4v) is 2.58. The molecule has 0 bridgehead atoms. The van der Waals surface area contributed by atoms with Crippen LogP contribution in [0.25, 0.3) is 10.9 Å². The molecule has 0 amide bonds. The third-order valence-corrected chi connectivity index (χ3v) is 3.50. The molecule has 3 rings (SSSR count). The van der Waals surface area contributed by atoms with E-state index in [-0.39, 0.29) is 0 Å². The van der Waals surface area contributed by atoms with Crippen LogP contribution in [0.4, 0.5) is 5.69 Å². The van der Waals surface area contributed by atoms with Gasteiger partial charge in [0.15, 0.2) is 0 Å². The lowest BCUT2D eigenvalue weighted by Gasteiger charge is -2.00. The smallest absolute Gasteiger partial charge is 0.0894 e. The molecule has 0 atom stereocenters. The maximum atomic E-state index is 4.55. The Bertz CT molecular complexity index is 625. The lowest BCUT2D eigenvalue weighted by Crippen LogP contribution is -2.00. The molecule has 0 aliphatic rings. The molecular formula is C13H13N3S. The summed E-state index contributed by atoms with van der Waals surface area (Å²) < 4.78 is 1.93. The van der Waals surface area contributed by atoms with Crippen molar-refractivity contribution in [1.29, 1.82) is 0 Å². The van der Waals surface area contributed by atoms with Crippen LogP contribution >= 0.6 is 11.3 Å². The van der Waals surface area contributed by atoms with E-state index >= 15 is 0 Å². The molecule has 0 unspecified atom stereocenters. The molecule has 2 aromatic heterocycles. The monoisotopic (exact) mass is 243 g/mol. The van der Waals surface area contributed by atoms with Gasteiger partial charge in [0.05, 0.1) is 17.8 Å². The molecule has 0 aliphatic heterocycles. The lowest BCUT2D eigenvalue weighted by molar-refractivity contribution is 0.771. The predicted molar refractivity (Wildman–Crippen MR) is 72.4 cm³/mol. The molecule has 1 N–H and O–H groups in total. The quantitative estimate of drug-likeness (QED) is 0.765. The number of hydrogen-bond acceptors (Lipinski definition) is 3. The van der Waals surface area contributed by atoms with Crippen molar-refractivity contribution in [2.24, 2.45) is 7.05 Å². The second kappa shape index (κ2) is 4.22. The molecule has 0 saturated heterocycles. The molecule has 0 fully saturated rings. The Morgan fingerprint density at radius 1 is 1.29 bits per heavy atom. The first-order chi connectivity index (χ1) is 8.34. The lowest BCUT2D eigenvalue weighted by atomic mass is 10.2. The zero-order valence-corrected chi connectivity index (χ0v) is 10.4. The normalized spacial score (nSPS) is 10.9. The molecule has 86 valence electrons. The molecule has 4 heteroatoms. The molecule has 0 radical (unpaired) electrons. The first-order valence-corrected chi connectivity index (χ1v) is 6.45. The molecule has 2 heterocycles. The number of para-hydroxylation sites is 1. The zero-order valence-electron chi connectivity index (χ0n) is 9.55. The van der Waals surface area contributed by atoms with Gasteiger partial charge in [0.2, 0.25) is 0 Å². The van der Waals surface area contributed by atoms with E-state index in [1.807, 2.05) is 17.8 Å². The summed E-state index contributed by atoms with van der Waals surface area (Å²) in [5.41, 5.74) is 3.42. The van der Waals surface area contributed by atoms with E-state index < -0.39 is 0 Å². The van der Waals surface area contributed by atoms with Crippen molar-refractivity contribution in [1.82, 2.24) is 9.78 Å². The van der Waals surface area contributed by atoms with Gasteiger partial charge in [0.1, 0.15) is 0 Å². The van der Waals surface area contributed by atoms with Gasteiger partial charge in [-0.3, -0.25) is 4.68 Å². The molecule has 3 nitrogen and oxygen atoms in total. The Balaban J connectivity index is 1.90. The SMILES string of the molecule is Cn1nc(CNc2ccsc2)c2ccccc21. The Labute approximate surface area is 104 Å². The van der Waals surface area contributed by atoms with Crippen LogP contribution in [0.2, 0.25) is 0 Å². The number of benzene rings is 1. The summed E-state index contributed by atoms with van der Waals surface area (Å²) in [5, 5.41) is 13.3. The highest BCUT2D eigenvalue weighted by molar-refractivity contribution is 7.08. The summed E-state index contributed by atoms with van der Waals surface area (Å²) in [6.45, 7) is 0.762. The van der Waals surface area contributed by atoms with Crippen LogP contribution in [0.3, 0.4) is 0 Å². The minimum atomic E-state index is 0.762. The average Bonchev–Trinajstić information content (AvgIpc) is 2.96. The van der Waals surface area contributed by atoms with Crippen LogP contribution in [-0.4, -0.2) is 9.78 Å². The van der Waals surface area contributed by atoms with E-state index in [9.17, 15) is 0 Å². The van der Waals surface area contributed by atoms with Gasteiger partial charge in [-0.1, -0.05) is 18.2 Å². The summed E-state index contributed by atoms with van der Waals surface area (Å²) in [4.78, 5) is 0.